The van der Waals surface area contributed by atoms with Crippen LogP contribution in [-0.2, 0) is 26.2 Å². The fourth-order valence-corrected chi connectivity index (χ4v) is 5.66. The molecule has 0 aromatic heterocycles. The zero-order chi connectivity index (χ0) is 26.5. The molecule has 2 amide bonds. The van der Waals surface area contributed by atoms with E-state index in [0.717, 1.165) is 25.5 Å². The number of hydrogen-bond acceptors (Lipinski definition) is 4. The number of carbonyl (C=O) groups is 2. The van der Waals surface area contributed by atoms with Crippen LogP contribution >= 0.6 is 15.9 Å². The van der Waals surface area contributed by atoms with Crippen molar-refractivity contribution in [1.29, 1.82) is 0 Å². The molecule has 36 heavy (non-hydrogen) atoms. The first-order valence-electron chi connectivity index (χ1n) is 11.4. The number of anilines is 1. The van der Waals surface area contributed by atoms with E-state index in [1.54, 1.807) is 31.2 Å². The highest BCUT2D eigenvalue weighted by atomic mass is 79.9. The Morgan fingerprint density at radius 1 is 0.972 bits per heavy atom. The lowest BCUT2D eigenvalue weighted by atomic mass is 10.1. The highest BCUT2D eigenvalue weighted by Crippen LogP contribution is 2.28. The maximum atomic E-state index is 13.8. The van der Waals surface area contributed by atoms with Gasteiger partial charge in [-0.1, -0.05) is 64.0 Å². The molecule has 190 valence electrons. The summed E-state index contributed by atoms with van der Waals surface area (Å²) in [7, 11) is -2.57. The van der Waals surface area contributed by atoms with E-state index in [0.29, 0.717) is 5.69 Å². The van der Waals surface area contributed by atoms with Crippen LogP contribution in [0.25, 0.3) is 0 Å². The Morgan fingerprint density at radius 3 is 2.19 bits per heavy atom. The normalized spacial score (nSPS) is 12.0. The summed E-state index contributed by atoms with van der Waals surface area (Å²) in [5.41, 5.74) is 2.92. The van der Waals surface area contributed by atoms with Crippen molar-refractivity contribution in [3.8, 4) is 0 Å². The quantitative estimate of drug-likeness (QED) is 0.411. The number of halogens is 1. The van der Waals surface area contributed by atoms with E-state index in [4.69, 9.17) is 0 Å². The first-order valence-corrected chi connectivity index (χ1v) is 13.7. The lowest BCUT2D eigenvalue weighted by molar-refractivity contribution is -0.139. The molecule has 3 aromatic carbocycles. The fourth-order valence-electron chi connectivity index (χ4n) is 3.90. The summed E-state index contributed by atoms with van der Waals surface area (Å²) in [6.07, 6.45) is 0. The minimum absolute atomic E-state index is 0.0802. The van der Waals surface area contributed by atoms with Crippen LogP contribution in [0, 0.1) is 13.8 Å². The molecule has 0 bridgehead atoms. The molecule has 0 aliphatic heterocycles. The van der Waals surface area contributed by atoms with E-state index in [2.05, 4.69) is 21.2 Å². The van der Waals surface area contributed by atoms with E-state index >= 15 is 0 Å². The second kappa shape index (κ2) is 11.7. The molecule has 7 nitrogen and oxygen atoms in total. The molecule has 0 heterocycles. The van der Waals surface area contributed by atoms with Gasteiger partial charge in [0.15, 0.2) is 0 Å². The number of amides is 2. The van der Waals surface area contributed by atoms with Gasteiger partial charge in [0.05, 0.1) is 10.6 Å². The summed E-state index contributed by atoms with van der Waals surface area (Å²) in [6.45, 7) is 5.05. The van der Waals surface area contributed by atoms with Crippen molar-refractivity contribution >= 4 is 43.5 Å². The maximum absolute atomic E-state index is 13.8. The lowest BCUT2D eigenvalue weighted by Gasteiger charge is -2.32. The third-order valence-electron chi connectivity index (χ3n) is 5.91. The summed E-state index contributed by atoms with van der Waals surface area (Å²) < 4.78 is 29.5. The minimum Gasteiger partial charge on any atom is -0.357 e. The topological polar surface area (TPSA) is 86.8 Å². The van der Waals surface area contributed by atoms with Gasteiger partial charge in [-0.25, -0.2) is 8.42 Å². The molecule has 0 spiro atoms. The van der Waals surface area contributed by atoms with Crippen LogP contribution in [0.15, 0.2) is 82.2 Å². The van der Waals surface area contributed by atoms with Gasteiger partial charge in [0.1, 0.15) is 12.6 Å². The van der Waals surface area contributed by atoms with Crippen LogP contribution in [0.4, 0.5) is 5.69 Å². The van der Waals surface area contributed by atoms with E-state index < -0.39 is 28.5 Å². The fraction of sp³-hybridized carbons (Fsp3) is 0.259. The first kappa shape index (κ1) is 27.4. The van der Waals surface area contributed by atoms with E-state index in [1.807, 2.05) is 50.2 Å². The van der Waals surface area contributed by atoms with Gasteiger partial charge >= 0.3 is 0 Å². The summed E-state index contributed by atoms with van der Waals surface area (Å²) in [5, 5.41) is 2.58. The number of hydrogen-bond donors (Lipinski definition) is 1. The van der Waals surface area contributed by atoms with Crippen LogP contribution in [0.5, 0.6) is 0 Å². The first-order chi connectivity index (χ1) is 17.0. The van der Waals surface area contributed by atoms with Gasteiger partial charge in [0.25, 0.3) is 10.0 Å². The number of nitrogens with zero attached hydrogens (tertiary/aromatic N) is 2. The average molecular weight is 573 g/mol. The highest BCUT2D eigenvalue weighted by Gasteiger charge is 2.32. The summed E-state index contributed by atoms with van der Waals surface area (Å²) in [6, 6.07) is 20.0. The molecule has 0 radical (unpaired) electrons. The molecule has 1 N–H and O–H groups in total. The molecule has 1 atom stereocenters. The van der Waals surface area contributed by atoms with Crippen LogP contribution in [-0.4, -0.2) is 44.8 Å². The number of likely N-dealkylation sites (N-methyl/N-ethyl adjacent to an activating group) is 1. The predicted molar refractivity (Wildman–Crippen MR) is 145 cm³/mol. The predicted octanol–water partition coefficient (Wildman–Crippen LogP) is 4.42. The van der Waals surface area contributed by atoms with Crippen molar-refractivity contribution in [2.45, 2.75) is 38.3 Å². The van der Waals surface area contributed by atoms with Crippen LogP contribution in [0.2, 0.25) is 0 Å². The molecule has 3 aromatic rings. The molecule has 9 heteroatoms. The minimum atomic E-state index is -4.07. The van der Waals surface area contributed by atoms with Gasteiger partial charge in [0, 0.05) is 18.1 Å². The summed E-state index contributed by atoms with van der Waals surface area (Å²) in [4.78, 5) is 27.8. The number of benzene rings is 3. The Kier molecular flexibility index (Phi) is 8.92. The molecule has 0 aliphatic carbocycles. The van der Waals surface area contributed by atoms with Crippen LogP contribution < -0.4 is 9.62 Å². The Bertz CT molecular complexity index is 1330. The summed E-state index contributed by atoms with van der Waals surface area (Å²) in [5.74, 6) is -0.835. The third kappa shape index (κ3) is 6.33. The van der Waals surface area contributed by atoms with Crippen molar-refractivity contribution in [3.63, 3.8) is 0 Å². The largest absolute Gasteiger partial charge is 0.357 e. The molecule has 0 aliphatic rings. The molecule has 0 saturated heterocycles. The number of nitrogens with one attached hydrogen (secondary N) is 1. The van der Waals surface area contributed by atoms with Gasteiger partial charge < -0.3 is 10.2 Å². The SMILES string of the molecule is CNC(=O)[C@H](C)N(Cc1ccc(Br)cc1)C(=O)CN(c1ccc(C)cc1C)S(=O)(=O)c1ccccc1. The number of rotatable bonds is 9. The van der Waals surface area contributed by atoms with E-state index in [1.165, 1.54) is 24.1 Å². The van der Waals surface area contributed by atoms with Crippen molar-refractivity contribution in [1.82, 2.24) is 10.2 Å². The van der Waals surface area contributed by atoms with Crippen LogP contribution in [0.1, 0.15) is 23.6 Å². The Balaban J connectivity index is 2.05. The van der Waals surface area contributed by atoms with Crippen molar-refractivity contribution in [2.75, 3.05) is 17.9 Å². The zero-order valence-electron chi connectivity index (χ0n) is 20.7. The monoisotopic (exact) mass is 571 g/mol. The smallest absolute Gasteiger partial charge is 0.264 e. The molecular formula is C27H30BrN3O4S. The second-order valence-electron chi connectivity index (χ2n) is 8.55. The second-order valence-corrected chi connectivity index (χ2v) is 11.3. The standard InChI is InChI=1S/C27H30BrN3O4S/c1-19-10-15-25(20(2)16-19)31(36(34,35)24-8-6-5-7-9-24)18-26(32)30(21(3)27(33)29-4)17-22-11-13-23(28)14-12-22/h5-16,21H,17-18H2,1-4H3,(H,29,33)/t21-/m0/s1. The molecule has 3 rings (SSSR count). The Labute approximate surface area is 221 Å². The van der Waals surface area contributed by atoms with Gasteiger partial charge in [-0.2, -0.15) is 0 Å². The van der Waals surface area contributed by atoms with Crippen molar-refractivity contribution < 1.29 is 18.0 Å². The van der Waals surface area contributed by atoms with Crippen molar-refractivity contribution in [2.24, 2.45) is 0 Å². The average Bonchev–Trinajstić information content (AvgIpc) is 2.86. The van der Waals surface area contributed by atoms with Crippen molar-refractivity contribution in [3.05, 3.63) is 94.0 Å². The lowest BCUT2D eigenvalue weighted by Crippen LogP contribution is -2.50. The van der Waals surface area contributed by atoms with Gasteiger partial charge in [-0.15, -0.1) is 0 Å². The number of aryl methyl sites for hydroxylation is 2. The van der Waals surface area contributed by atoms with Gasteiger partial charge in [-0.05, 0) is 62.2 Å². The van der Waals surface area contributed by atoms with Gasteiger partial charge in [0.2, 0.25) is 11.8 Å². The molecular weight excluding hydrogens is 542 g/mol. The van der Waals surface area contributed by atoms with Gasteiger partial charge in [-0.3, -0.25) is 13.9 Å². The maximum Gasteiger partial charge on any atom is 0.264 e. The van der Waals surface area contributed by atoms with E-state index in [9.17, 15) is 18.0 Å². The third-order valence-corrected chi connectivity index (χ3v) is 8.21. The molecule has 0 fully saturated rings. The number of carbonyl (C=O) groups excluding carboxylic acids is 2. The van der Waals surface area contributed by atoms with Crippen LogP contribution in [0.3, 0.4) is 0 Å². The zero-order valence-corrected chi connectivity index (χ0v) is 23.1. The number of sulfonamides is 1. The molecule has 0 unspecified atom stereocenters. The Morgan fingerprint density at radius 2 is 1.61 bits per heavy atom. The molecule has 0 saturated carbocycles. The van der Waals surface area contributed by atoms with E-state index in [-0.39, 0.29) is 17.3 Å². The Hall–Kier alpha value is -3.17. The highest BCUT2D eigenvalue weighted by molar-refractivity contribution is 9.10. The summed E-state index contributed by atoms with van der Waals surface area (Å²) >= 11 is 3.40.